The number of fused-ring (bicyclic) bond motifs is 1. The molecular weight excluding hydrogens is 246 g/mol. The van der Waals surface area contributed by atoms with Gasteiger partial charge >= 0.3 is 5.97 Å². The molecule has 1 saturated carbocycles. The van der Waals surface area contributed by atoms with Crippen molar-refractivity contribution in [2.45, 2.75) is 31.8 Å². The lowest BCUT2D eigenvalue weighted by molar-refractivity contribution is -0.145. The maximum atomic E-state index is 11.7. The van der Waals surface area contributed by atoms with Crippen LogP contribution in [-0.2, 0) is 16.0 Å². The Bertz CT molecular complexity index is 536. The van der Waals surface area contributed by atoms with Gasteiger partial charge in [-0.25, -0.2) is 4.79 Å². The van der Waals surface area contributed by atoms with Gasteiger partial charge in [0.15, 0.2) is 6.10 Å². The van der Waals surface area contributed by atoms with Crippen molar-refractivity contribution < 1.29 is 19.4 Å². The predicted molar refractivity (Wildman–Crippen MR) is 68.2 cm³/mol. The number of aliphatic carboxylic acids is 1. The minimum atomic E-state index is -0.934. The van der Waals surface area contributed by atoms with E-state index >= 15 is 0 Å². The standard InChI is InChI=1S/C14H15NO4/c16-13(8-1-2-8)15-10-4-6-11-9(7-10)3-5-12(19-11)14(17)18/h4,6-8,12H,1-3,5H2,(H,15,16)(H,17,18). The molecule has 1 aliphatic carbocycles. The molecule has 0 saturated heterocycles. The summed E-state index contributed by atoms with van der Waals surface area (Å²) in [5.74, 6) is -0.0939. The number of ether oxygens (including phenoxy) is 1. The smallest absolute Gasteiger partial charge is 0.344 e. The van der Waals surface area contributed by atoms with Crippen LogP contribution < -0.4 is 10.1 Å². The Kier molecular flexibility index (Phi) is 2.89. The Morgan fingerprint density at radius 3 is 2.74 bits per heavy atom. The summed E-state index contributed by atoms with van der Waals surface area (Å²) in [6, 6.07) is 5.35. The lowest BCUT2D eigenvalue weighted by Gasteiger charge is -2.23. The molecule has 1 fully saturated rings. The molecule has 2 aliphatic rings. The molecule has 19 heavy (non-hydrogen) atoms. The quantitative estimate of drug-likeness (QED) is 0.870. The van der Waals surface area contributed by atoms with E-state index in [1.165, 1.54) is 0 Å². The van der Waals surface area contributed by atoms with E-state index in [2.05, 4.69) is 5.32 Å². The second kappa shape index (κ2) is 4.57. The van der Waals surface area contributed by atoms with Crippen LogP contribution in [0.1, 0.15) is 24.8 Å². The van der Waals surface area contributed by atoms with Gasteiger partial charge in [-0.1, -0.05) is 0 Å². The van der Waals surface area contributed by atoms with E-state index < -0.39 is 12.1 Å². The first-order valence-corrected chi connectivity index (χ1v) is 6.47. The molecule has 0 bridgehead atoms. The maximum absolute atomic E-state index is 11.7. The molecule has 1 amide bonds. The zero-order valence-corrected chi connectivity index (χ0v) is 10.4. The molecule has 100 valence electrons. The van der Waals surface area contributed by atoms with Crippen LogP contribution in [0.5, 0.6) is 5.75 Å². The molecule has 0 spiro atoms. The third-order valence-electron chi connectivity index (χ3n) is 3.50. The van der Waals surface area contributed by atoms with Crippen molar-refractivity contribution in [1.29, 1.82) is 0 Å². The molecule has 1 aromatic rings. The summed E-state index contributed by atoms with van der Waals surface area (Å²) in [4.78, 5) is 22.5. The Hall–Kier alpha value is -2.04. The van der Waals surface area contributed by atoms with Crippen LogP contribution in [0, 0.1) is 5.92 Å². The molecule has 0 radical (unpaired) electrons. The van der Waals surface area contributed by atoms with E-state index in [9.17, 15) is 9.59 Å². The number of aryl methyl sites for hydroxylation is 1. The SMILES string of the molecule is O=C(Nc1ccc2c(c1)CCC(C(=O)O)O2)C1CC1. The van der Waals surface area contributed by atoms with Gasteiger partial charge in [0, 0.05) is 11.6 Å². The van der Waals surface area contributed by atoms with Gasteiger partial charge < -0.3 is 15.2 Å². The number of hydrogen-bond acceptors (Lipinski definition) is 3. The summed E-state index contributed by atoms with van der Waals surface area (Å²) in [6.45, 7) is 0. The highest BCUT2D eigenvalue weighted by Gasteiger charge is 2.30. The Labute approximate surface area is 110 Å². The fourth-order valence-electron chi connectivity index (χ4n) is 2.23. The van der Waals surface area contributed by atoms with E-state index in [4.69, 9.17) is 9.84 Å². The van der Waals surface area contributed by atoms with Crippen LogP contribution in [0.25, 0.3) is 0 Å². The van der Waals surface area contributed by atoms with Crippen molar-refractivity contribution in [3.63, 3.8) is 0 Å². The maximum Gasteiger partial charge on any atom is 0.344 e. The van der Waals surface area contributed by atoms with Crippen molar-refractivity contribution in [1.82, 2.24) is 0 Å². The molecule has 0 aromatic heterocycles. The Morgan fingerprint density at radius 2 is 2.05 bits per heavy atom. The van der Waals surface area contributed by atoms with Gasteiger partial charge in [0.25, 0.3) is 0 Å². The first-order chi connectivity index (χ1) is 9.13. The van der Waals surface area contributed by atoms with Crippen LogP contribution in [0.15, 0.2) is 18.2 Å². The monoisotopic (exact) mass is 261 g/mol. The topological polar surface area (TPSA) is 75.6 Å². The van der Waals surface area contributed by atoms with E-state index in [0.29, 0.717) is 18.6 Å². The normalized spacial score (nSPS) is 21.2. The number of carboxylic acids is 1. The summed E-state index contributed by atoms with van der Waals surface area (Å²) < 4.78 is 5.40. The number of anilines is 1. The fourth-order valence-corrected chi connectivity index (χ4v) is 2.23. The second-order valence-corrected chi connectivity index (χ2v) is 5.07. The number of benzene rings is 1. The average molecular weight is 261 g/mol. The predicted octanol–water partition coefficient (Wildman–Crippen LogP) is 1.81. The van der Waals surface area contributed by atoms with E-state index in [1.807, 2.05) is 6.07 Å². The summed E-state index contributed by atoms with van der Waals surface area (Å²) in [7, 11) is 0. The minimum Gasteiger partial charge on any atom is -0.479 e. The first-order valence-electron chi connectivity index (χ1n) is 6.47. The van der Waals surface area contributed by atoms with E-state index in [-0.39, 0.29) is 11.8 Å². The van der Waals surface area contributed by atoms with Gasteiger partial charge in [0.2, 0.25) is 5.91 Å². The summed E-state index contributed by atoms with van der Waals surface area (Å²) in [5.41, 5.74) is 1.71. The number of rotatable bonds is 3. The van der Waals surface area contributed by atoms with Gasteiger partial charge in [0.1, 0.15) is 5.75 Å². The van der Waals surface area contributed by atoms with Crippen LogP contribution >= 0.6 is 0 Å². The largest absolute Gasteiger partial charge is 0.479 e. The molecule has 1 heterocycles. The summed E-state index contributed by atoms with van der Waals surface area (Å²) in [6.07, 6.45) is 2.29. The van der Waals surface area contributed by atoms with Crippen molar-refractivity contribution >= 4 is 17.6 Å². The highest BCUT2D eigenvalue weighted by molar-refractivity contribution is 5.94. The van der Waals surface area contributed by atoms with Crippen LogP contribution in [0.2, 0.25) is 0 Å². The molecule has 5 nitrogen and oxygen atoms in total. The summed E-state index contributed by atoms with van der Waals surface area (Å²) >= 11 is 0. The number of nitrogens with one attached hydrogen (secondary N) is 1. The van der Waals surface area contributed by atoms with Crippen molar-refractivity contribution in [3.8, 4) is 5.75 Å². The zero-order valence-electron chi connectivity index (χ0n) is 10.4. The van der Waals surface area contributed by atoms with Crippen molar-refractivity contribution in [2.24, 2.45) is 5.92 Å². The van der Waals surface area contributed by atoms with Crippen molar-refractivity contribution in [3.05, 3.63) is 23.8 Å². The fraction of sp³-hybridized carbons (Fsp3) is 0.429. The molecule has 1 unspecified atom stereocenters. The van der Waals surface area contributed by atoms with Gasteiger partial charge in [-0.2, -0.15) is 0 Å². The zero-order chi connectivity index (χ0) is 13.4. The molecule has 5 heteroatoms. The van der Waals surface area contributed by atoms with Gasteiger partial charge in [-0.05, 0) is 49.4 Å². The molecule has 3 rings (SSSR count). The molecule has 1 aliphatic heterocycles. The number of amides is 1. The van der Waals surface area contributed by atoms with Crippen LogP contribution in [0.3, 0.4) is 0 Å². The van der Waals surface area contributed by atoms with Gasteiger partial charge in [-0.3, -0.25) is 4.79 Å². The minimum absolute atomic E-state index is 0.0695. The van der Waals surface area contributed by atoms with Crippen LogP contribution in [-0.4, -0.2) is 23.1 Å². The highest BCUT2D eigenvalue weighted by atomic mass is 16.5. The van der Waals surface area contributed by atoms with Crippen molar-refractivity contribution in [2.75, 3.05) is 5.32 Å². The number of carbonyl (C=O) groups excluding carboxylic acids is 1. The summed E-state index contributed by atoms with van der Waals surface area (Å²) in [5, 5.41) is 11.8. The molecule has 1 atom stereocenters. The lowest BCUT2D eigenvalue weighted by Crippen LogP contribution is -2.30. The molecule has 2 N–H and O–H groups in total. The van der Waals surface area contributed by atoms with Crippen LogP contribution in [0.4, 0.5) is 5.69 Å². The Balaban J connectivity index is 1.73. The third kappa shape index (κ3) is 2.54. The number of carbonyl (C=O) groups is 2. The third-order valence-corrected chi connectivity index (χ3v) is 3.50. The molecule has 1 aromatic carbocycles. The molecular formula is C14H15NO4. The Morgan fingerprint density at radius 1 is 1.26 bits per heavy atom. The first kappa shape index (κ1) is 12.0. The second-order valence-electron chi connectivity index (χ2n) is 5.07. The van der Waals surface area contributed by atoms with E-state index in [0.717, 1.165) is 24.1 Å². The lowest BCUT2D eigenvalue weighted by atomic mass is 10.0. The number of carboxylic acid groups (broad SMARTS) is 1. The average Bonchev–Trinajstić information content (AvgIpc) is 3.22. The van der Waals surface area contributed by atoms with Gasteiger partial charge in [0.05, 0.1) is 0 Å². The van der Waals surface area contributed by atoms with E-state index in [1.54, 1.807) is 12.1 Å². The number of hydrogen-bond donors (Lipinski definition) is 2. The highest BCUT2D eigenvalue weighted by Crippen LogP contribution is 2.33. The van der Waals surface area contributed by atoms with Gasteiger partial charge in [-0.15, -0.1) is 0 Å².